The number of rotatable bonds is 7. The van der Waals surface area contributed by atoms with Crippen molar-refractivity contribution in [1.29, 1.82) is 0 Å². The van der Waals surface area contributed by atoms with Crippen molar-refractivity contribution in [1.82, 2.24) is 10.2 Å². The van der Waals surface area contributed by atoms with Crippen molar-refractivity contribution in [3.63, 3.8) is 0 Å². The maximum Gasteiger partial charge on any atom is 0.270 e. The van der Waals surface area contributed by atoms with Crippen molar-refractivity contribution in [2.24, 2.45) is 0 Å². The first kappa shape index (κ1) is 21.4. The number of likely N-dealkylation sites (N-methyl/N-ethyl adjacent to an activating group) is 1. The molecule has 1 aromatic carbocycles. The van der Waals surface area contributed by atoms with Gasteiger partial charge in [0.15, 0.2) is 0 Å². The summed E-state index contributed by atoms with van der Waals surface area (Å²) >= 11 is 0. The summed E-state index contributed by atoms with van der Waals surface area (Å²) in [5.41, 5.74) is 0.161. The lowest BCUT2D eigenvalue weighted by molar-refractivity contribution is -0.384. The number of nitrogens with one attached hydrogen (secondary N) is 1. The number of unbranched alkanes of at least 4 members (excludes halogenated alkanes) is 1. The van der Waals surface area contributed by atoms with Gasteiger partial charge in [0.05, 0.1) is 22.1 Å². The summed E-state index contributed by atoms with van der Waals surface area (Å²) in [5.74, 6) is -1.29. The summed E-state index contributed by atoms with van der Waals surface area (Å²) < 4.78 is 0. The van der Waals surface area contributed by atoms with Gasteiger partial charge in [0.25, 0.3) is 17.5 Å². The Labute approximate surface area is 163 Å². The number of carbonyl (C=O) groups excluding carboxylic acids is 3. The zero-order valence-electron chi connectivity index (χ0n) is 16.3. The van der Waals surface area contributed by atoms with E-state index < -0.39 is 22.8 Å². The molecule has 1 aliphatic heterocycles. The smallest absolute Gasteiger partial charge is 0.270 e. The van der Waals surface area contributed by atoms with Crippen molar-refractivity contribution < 1.29 is 19.3 Å². The number of nitro groups is 1. The van der Waals surface area contributed by atoms with Crippen molar-refractivity contribution in [3.8, 4) is 0 Å². The van der Waals surface area contributed by atoms with Gasteiger partial charge in [0.1, 0.15) is 6.29 Å². The van der Waals surface area contributed by atoms with Gasteiger partial charge in [-0.15, -0.1) is 0 Å². The number of hydrogen-bond acceptors (Lipinski definition) is 6. The van der Waals surface area contributed by atoms with Gasteiger partial charge in [0.2, 0.25) is 0 Å². The van der Waals surface area contributed by atoms with Crippen LogP contribution >= 0.6 is 0 Å². The number of aldehydes is 1. The quantitative estimate of drug-likeness (QED) is 0.253. The van der Waals surface area contributed by atoms with E-state index in [0.717, 1.165) is 17.0 Å². The second-order valence-electron chi connectivity index (χ2n) is 6.96. The fraction of sp³-hybridized carbons (Fsp3) is 0.450. The molecule has 1 N–H and O–H groups in total. The van der Waals surface area contributed by atoms with Crippen molar-refractivity contribution >= 4 is 23.8 Å². The van der Waals surface area contributed by atoms with E-state index in [4.69, 9.17) is 0 Å². The fourth-order valence-corrected chi connectivity index (χ4v) is 3.18. The normalized spacial score (nSPS) is 20.8. The first-order chi connectivity index (χ1) is 13.3. The van der Waals surface area contributed by atoms with E-state index in [2.05, 4.69) is 31.4 Å². The van der Waals surface area contributed by atoms with Crippen LogP contribution in [0.15, 0.2) is 30.4 Å². The van der Waals surface area contributed by atoms with Gasteiger partial charge in [0, 0.05) is 17.7 Å². The standard InChI is InChI=1S/C11H8N2O5.C9H17N/c1-6(5-14)12-10(15)8-3-2-7(13(17)18)4-9(8)11(12)16;1-3-4-6-9(10-2)7-5-8-9/h2-6H,1H3;5,7,10H,3-4,6,8H2,1-2H3. The van der Waals surface area contributed by atoms with Crippen LogP contribution in [-0.4, -0.2) is 46.6 Å². The number of benzene rings is 1. The van der Waals surface area contributed by atoms with Crippen LogP contribution in [0.1, 0.15) is 60.2 Å². The van der Waals surface area contributed by atoms with Crippen LogP contribution in [-0.2, 0) is 4.79 Å². The van der Waals surface area contributed by atoms with Crippen LogP contribution in [0.2, 0.25) is 0 Å². The van der Waals surface area contributed by atoms with E-state index in [1.165, 1.54) is 38.7 Å². The van der Waals surface area contributed by atoms with Crippen molar-refractivity contribution in [3.05, 3.63) is 51.6 Å². The Morgan fingerprint density at radius 3 is 2.43 bits per heavy atom. The van der Waals surface area contributed by atoms with Gasteiger partial charge in [-0.3, -0.25) is 24.6 Å². The fourth-order valence-electron chi connectivity index (χ4n) is 3.18. The Morgan fingerprint density at radius 2 is 1.96 bits per heavy atom. The molecule has 150 valence electrons. The molecule has 1 aromatic rings. The SMILES string of the molecule is CC(C=O)N1C(=O)c2ccc([N+](=O)[O-])cc2C1=O.CCCCC1(NC)C=CC1. The maximum atomic E-state index is 11.9. The van der Waals surface area contributed by atoms with Crippen LogP contribution < -0.4 is 5.32 Å². The molecule has 0 saturated heterocycles. The predicted molar refractivity (Wildman–Crippen MR) is 104 cm³/mol. The highest BCUT2D eigenvalue weighted by Crippen LogP contribution is 2.28. The lowest BCUT2D eigenvalue weighted by Crippen LogP contribution is -2.44. The van der Waals surface area contributed by atoms with E-state index in [1.54, 1.807) is 0 Å². The molecule has 0 spiro atoms. The number of nitrogens with zero attached hydrogens (tertiary/aromatic N) is 2. The summed E-state index contributed by atoms with van der Waals surface area (Å²) in [6.45, 7) is 3.65. The van der Waals surface area contributed by atoms with E-state index in [9.17, 15) is 24.5 Å². The van der Waals surface area contributed by atoms with Crippen LogP contribution in [0, 0.1) is 10.1 Å². The van der Waals surface area contributed by atoms with Crippen LogP contribution in [0.5, 0.6) is 0 Å². The van der Waals surface area contributed by atoms with Crippen LogP contribution in [0.3, 0.4) is 0 Å². The summed E-state index contributed by atoms with van der Waals surface area (Å²) in [6.07, 6.45) is 10.2. The molecule has 2 amide bonds. The molecule has 2 unspecified atom stereocenters. The maximum absolute atomic E-state index is 11.9. The monoisotopic (exact) mass is 387 g/mol. The van der Waals surface area contributed by atoms with E-state index >= 15 is 0 Å². The van der Waals surface area contributed by atoms with Gasteiger partial charge in [-0.25, -0.2) is 0 Å². The van der Waals surface area contributed by atoms with E-state index in [-0.39, 0.29) is 16.8 Å². The minimum atomic E-state index is -0.892. The highest BCUT2D eigenvalue weighted by molar-refractivity contribution is 6.22. The molecule has 1 heterocycles. The summed E-state index contributed by atoms with van der Waals surface area (Å²) in [5, 5.41) is 14.0. The first-order valence-electron chi connectivity index (χ1n) is 9.28. The second kappa shape index (κ2) is 8.88. The van der Waals surface area contributed by atoms with Crippen LogP contribution in [0.4, 0.5) is 5.69 Å². The third-order valence-electron chi connectivity index (χ3n) is 5.11. The van der Waals surface area contributed by atoms with Crippen LogP contribution in [0.25, 0.3) is 0 Å². The average Bonchev–Trinajstić information content (AvgIpc) is 2.91. The van der Waals surface area contributed by atoms with Crippen molar-refractivity contribution in [2.45, 2.75) is 51.1 Å². The molecule has 0 fully saturated rings. The molecule has 2 atom stereocenters. The minimum absolute atomic E-state index is 0.0390. The van der Waals surface area contributed by atoms with Gasteiger partial charge < -0.3 is 10.1 Å². The topological polar surface area (TPSA) is 110 Å². The van der Waals surface area contributed by atoms with E-state index in [0.29, 0.717) is 11.8 Å². The van der Waals surface area contributed by atoms with Gasteiger partial charge in [-0.05, 0) is 32.9 Å². The average molecular weight is 387 g/mol. The minimum Gasteiger partial charge on any atom is -0.311 e. The summed E-state index contributed by atoms with van der Waals surface area (Å²) in [4.78, 5) is 45.2. The molecule has 3 rings (SSSR count). The lowest BCUT2D eigenvalue weighted by atomic mass is 9.81. The molecule has 28 heavy (non-hydrogen) atoms. The molecule has 0 aromatic heterocycles. The number of imide groups is 1. The Kier molecular flexibility index (Phi) is 6.80. The highest BCUT2D eigenvalue weighted by atomic mass is 16.6. The Bertz CT molecular complexity index is 820. The Morgan fingerprint density at radius 1 is 1.32 bits per heavy atom. The number of non-ortho nitro benzene ring substituents is 1. The number of fused-ring (bicyclic) bond motifs is 1. The number of nitro benzene ring substituents is 1. The largest absolute Gasteiger partial charge is 0.311 e. The summed E-state index contributed by atoms with van der Waals surface area (Å²) in [6, 6.07) is 2.54. The van der Waals surface area contributed by atoms with E-state index in [1.807, 2.05) is 0 Å². The Balaban J connectivity index is 0.000000237. The molecule has 1 aliphatic carbocycles. The molecular formula is C20H25N3O5. The molecule has 0 saturated carbocycles. The zero-order valence-corrected chi connectivity index (χ0v) is 16.3. The Hall–Kier alpha value is -2.87. The lowest BCUT2D eigenvalue weighted by Gasteiger charge is -2.35. The second-order valence-corrected chi connectivity index (χ2v) is 6.96. The number of amides is 2. The molecule has 8 heteroatoms. The van der Waals surface area contributed by atoms with Gasteiger partial charge in [-0.2, -0.15) is 0 Å². The molecule has 2 aliphatic rings. The molecule has 0 radical (unpaired) electrons. The first-order valence-corrected chi connectivity index (χ1v) is 9.28. The molecule has 8 nitrogen and oxygen atoms in total. The van der Waals surface area contributed by atoms with Crippen molar-refractivity contribution in [2.75, 3.05) is 7.05 Å². The molecular weight excluding hydrogens is 362 g/mol. The van der Waals surface area contributed by atoms with Gasteiger partial charge >= 0.3 is 0 Å². The zero-order chi connectivity index (χ0) is 20.9. The summed E-state index contributed by atoms with van der Waals surface area (Å²) in [7, 11) is 2.05. The highest BCUT2D eigenvalue weighted by Gasteiger charge is 2.39. The molecule has 0 bridgehead atoms. The number of hydrogen-bond donors (Lipinski definition) is 1. The third-order valence-corrected chi connectivity index (χ3v) is 5.11. The predicted octanol–water partition coefficient (Wildman–Crippen LogP) is 2.87. The third kappa shape index (κ3) is 4.17. The number of carbonyl (C=O) groups is 3. The van der Waals surface area contributed by atoms with Gasteiger partial charge in [-0.1, -0.05) is 31.9 Å².